The topological polar surface area (TPSA) is 105 Å². The lowest BCUT2D eigenvalue weighted by Gasteiger charge is -2.23. The third kappa shape index (κ3) is 14.5. The monoisotopic (exact) mass is 1520 g/mol. The molecule has 20 rings (SSSR count). The fourth-order valence-electron chi connectivity index (χ4n) is 19.7. The van der Waals surface area contributed by atoms with Gasteiger partial charge in [0.05, 0.1) is 30.8 Å². The highest BCUT2D eigenvalue weighted by atomic mass is 16.3. The summed E-state index contributed by atoms with van der Waals surface area (Å²) in [5.74, 6) is 2.19. The maximum absolute atomic E-state index is 9.79. The van der Waals surface area contributed by atoms with Crippen LogP contribution in [0.15, 0.2) is 212 Å². The second-order valence-electron chi connectivity index (χ2n) is 33.2. The normalized spacial score (nSPS) is 15.1. The summed E-state index contributed by atoms with van der Waals surface area (Å²) in [5.41, 5.74) is 28.5. The molecule has 116 heavy (non-hydrogen) atoms. The Hall–Kier alpha value is -12.5. The van der Waals surface area contributed by atoms with Crippen LogP contribution in [-0.2, 0) is 28.2 Å². The van der Waals surface area contributed by atoms with Crippen LogP contribution < -0.4 is 18.3 Å². The minimum absolute atomic E-state index is 0.499. The molecule has 0 saturated heterocycles. The van der Waals surface area contributed by atoms with E-state index in [0.29, 0.717) is 34.9 Å². The molecule has 0 bridgehead atoms. The molecule has 8 aromatic carbocycles. The van der Waals surface area contributed by atoms with Crippen molar-refractivity contribution in [2.24, 2.45) is 28.2 Å². The highest BCUT2D eigenvalue weighted by Crippen LogP contribution is 2.50. The van der Waals surface area contributed by atoms with Crippen molar-refractivity contribution in [3.8, 4) is 51.1 Å². The van der Waals surface area contributed by atoms with Crippen molar-refractivity contribution in [1.82, 2.24) is 0 Å². The number of nitriles is 1. The Bertz CT molecular complexity index is 6660. The number of rotatable bonds is 8. The Labute approximate surface area is 680 Å². The summed E-state index contributed by atoms with van der Waals surface area (Å²) in [5, 5.41) is 18.3. The minimum Gasteiger partial charge on any atom is -0.457 e. The molecule has 576 valence electrons. The van der Waals surface area contributed by atoms with Gasteiger partial charge >= 0.3 is 0 Å². The van der Waals surface area contributed by atoms with Crippen LogP contribution in [0.3, 0.4) is 0 Å². The van der Waals surface area contributed by atoms with Crippen LogP contribution >= 0.6 is 0 Å². The van der Waals surface area contributed by atoms with Gasteiger partial charge in [0.25, 0.3) is 0 Å². The van der Waals surface area contributed by atoms with Gasteiger partial charge in [0.1, 0.15) is 73.3 Å². The highest BCUT2D eigenvalue weighted by Gasteiger charge is 2.30. The largest absolute Gasteiger partial charge is 0.457 e. The average molecular weight is 1530 g/mol. The molecule has 16 aromatic rings. The summed E-state index contributed by atoms with van der Waals surface area (Å²) >= 11 is 0. The highest BCUT2D eigenvalue weighted by molar-refractivity contribution is 6.17. The molecule has 0 spiro atoms. The zero-order valence-corrected chi connectivity index (χ0v) is 68.1. The van der Waals surface area contributed by atoms with Crippen LogP contribution in [0.5, 0.6) is 0 Å². The molecule has 0 unspecified atom stereocenters. The van der Waals surface area contributed by atoms with E-state index in [1.807, 2.05) is 49.6 Å². The summed E-state index contributed by atoms with van der Waals surface area (Å²) in [7, 11) is 8.25. The Morgan fingerprint density at radius 3 is 1.26 bits per heavy atom. The minimum atomic E-state index is 0.499. The van der Waals surface area contributed by atoms with Gasteiger partial charge in [-0.15, -0.1) is 0 Å². The van der Waals surface area contributed by atoms with Crippen molar-refractivity contribution < 1.29 is 35.9 Å². The summed E-state index contributed by atoms with van der Waals surface area (Å²) < 4.78 is 33.3. The number of aromatic nitrogens is 4. The molecule has 12 heteroatoms. The number of hydrogen-bond donors (Lipinski definition) is 0. The standard InChI is InChI=1S/4C26H25N2O/c1-17-15-24-21(16-20(17)22-11-7-8-14-28(22)3)25-23(29-24)13-12-19(26(25)27-2)18-9-5-4-6-10-18;1-17-15-23-25(26(27-2)24(17)21-11-7-8-14-28(21)3)20-16-19(12-13-22(20)29-23)18-9-5-4-6-10-18;1-17-13-25-21(14-19(17)24-11-7-8-12-28(24)3)22-15-20(18-9-5-4-6-10-18)23(27-2)16-26(22)29-25;1-17-12-25-22(15-21(17)24-10-6-7-11-28(24)2)23-14-19(18-8-4-3-5-9-18)13-20(16-27)26(23)29-25/h3*7-8,11-16,18H,4-6,9-10H2,1,3H3;6-7,10-15,18H,3-5,8-9H2,1-2H3/q4*+1. The first-order chi connectivity index (χ1) is 56.6. The smallest absolute Gasteiger partial charge is 0.212 e. The van der Waals surface area contributed by atoms with Crippen molar-refractivity contribution in [1.29, 1.82) is 5.26 Å². The van der Waals surface area contributed by atoms with Crippen LogP contribution in [0.4, 0.5) is 17.1 Å². The maximum atomic E-state index is 9.79. The lowest BCUT2D eigenvalue weighted by atomic mass is 9.82. The number of hydrogen-bond acceptors (Lipinski definition) is 5. The molecule has 4 aliphatic rings. The lowest BCUT2D eigenvalue weighted by Crippen LogP contribution is -2.30. The molecule has 0 radical (unpaired) electrons. The molecule has 4 saturated carbocycles. The van der Waals surface area contributed by atoms with E-state index >= 15 is 0 Å². The van der Waals surface area contributed by atoms with Gasteiger partial charge in [0, 0.05) is 108 Å². The molecule has 0 aliphatic heterocycles. The first-order valence-corrected chi connectivity index (χ1v) is 42.0. The molecule has 4 aliphatic carbocycles. The van der Waals surface area contributed by atoms with Crippen molar-refractivity contribution >= 4 is 105 Å². The Kier molecular flexibility index (Phi) is 21.5. The lowest BCUT2D eigenvalue weighted by molar-refractivity contribution is -0.660. The van der Waals surface area contributed by atoms with Crippen LogP contribution in [-0.4, -0.2) is 0 Å². The van der Waals surface area contributed by atoms with Crippen molar-refractivity contribution in [2.75, 3.05) is 0 Å². The van der Waals surface area contributed by atoms with Crippen LogP contribution in [0, 0.1) is 58.7 Å². The zero-order valence-electron chi connectivity index (χ0n) is 68.1. The van der Waals surface area contributed by atoms with Gasteiger partial charge in [-0.25, -0.2) is 32.8 Å². The van der Waals surface area contributed by atoms with E-state index in [1.54, 1.807) is 0 Å². The SMILES string of the molecule is Cc1cc2oc3c(C#N)cc(C4CCCCC4)cc3c2cc1-c1cccc[n+]1C.[C-]#[N+]c1c(-c2cccc[n+]2C)c(C)cc2oc3ccc(C4CCCCC4)cc3c12.[C-]#[N+]c1c(C2CCCCC2)ccc2oc3cc(C)c(-c4cccc[n+]4C)cc3c12.[C-]#[N+]c1cc2oc3cc(C)c(-c4cccc[n+]4C)cc3c2cc1C1CCCCC1. The summed E-state index contributed by atoms with van der Waals surface area (Å²) in [6.45, 7) is 32.1. The first kappa shape index (κ1) is 76.2. The molecular weight excluding hydrogens is 1430 g/mol. The number of nitrogens with zero attached hydrogens (tertiary/aromatic N) is 8. The fourth-order valence-corrected chi connectivity index (χ4v) is 19.7. The first-order valence-electron chi connectivity index (χ1n) is 42.0. The molecule has 12 nitrogen and oxygen atoms in total. The Balaban J connectivity index is 0.000000111. The van der Waals surface area contributed by atoms with Gasteiger partial charge in [-0.2, -0.15) is 5.26 Å². The quantitative estimate of drug-likeness (QED) is 0.111. The number of benzene rings is 8. The number of furan rings is 4. The molecule has 8 heterocycles. The maximum Gasteiger partial charge on any atom is 0.212 e. The second kappa shape index (κ2) is 32.8. The van der Waals surface area contributed by atoms with Crippen molar-refractivity contribution in [3.05, 3.63) is 279 Å². The van der Waals surface area contributed by atoms with Crippen LogP contribution in [0.1, 0.15) is 202 Å². The zero-order chi connectivity index (χ0) is 79.8. The van der Waals surface area contributed by atoms with Gasteiger partial charge in [-0.1, -0.05) is 95.2 Å². The Morgan fingerprint density at radius 2 is 0.741 bits per heavy atom. The van der Waals surface area contributed by atoms with Crippen LogP contribution in [0.2, 0.25) is 0 Å². The predicted molar refractivity (Wildman–Crippen MR) is 467 cm³/mol. The predicted octanol–water partition coefficient (Wildman–Crippen LogP) is 27.3. The van der Waals surface area contributed by atoms with Crippen molar-refractivity contribution in [2.45, 2.75) is 180 Å². The molecule has 4 fully saturated rings. The van der Waals surface area contributed by atoms with Crippen LogP contribution in [0.25, 0.3) is 147 Å². The van der Waals surface area contributed by atoms with E-state index in [2.05, 4.69) is 240 Å². The average Bonchev–Trinajstić information content (AvgIpc) is 1.81. The molecule has 8 aromatic heterocycles. The summed E-state index contributed by atoms with van der Waals surface area (Å²) in [4.78, 5) is 11.9. The number of aryl methyl sites for hydroxylation is 8. The second-order valence-corrected chi connectivity index (χ2v) is 33.2. The van der Waals surface area contributed by atoms with Gasteiger partial charge in [-0.05, 0) is 250 Å². The third-order valence-corrected chi connectivity index (χ3v) is 25.9. The van der Waals surface area contributed by atoms with Gasteiger partial charge in [-0.3, -0.25) is 0 Å². The molecule has 0 N–H and O–H groups in total. The molecular formula is C104H100N8O4+4. The van der Waals surface area contributed by atoms with Gasteiger partial charge < -0.3 is 17.7 Å². The fraction of sp³-hybridized carbons (Fsp3) is 0.308. The Morgan fingerprint density at radius 1 is 0.336 bits per heavy atom. The summed E-state index contributed by atoms with van der Waals surface area (Å²) in [6, 6.07) is 61.8. The summed E-state index contributed by atoms with van der Waals surface area (Å²) in [6.07, 6.45) is 33.5. The number of pyridine rings is 4. The van der Waals surface area contributed by atoms with E-state index in [0.717, 1.165) is 122 Å². The van der Waals surface area contributed by atoms with E-state index < -0.39 is 0 Å². The van der Waals surface area contributed by atoms with Gasteiger partial charge in [0.15, 0.2) is 36.1 Å². The molecule has 0 amide bonds. The molecule has 0 atom stereocenters. The van der Waals surface area contributed by atoms with E-state index in [9.17, 15) is 5.26 Å². The van der Waals surface area contributed by atoms with E-state index in [1.165, 1.54) is 195 Å². The van der Waals surface area contributed by atoms with Gasteiger partial charge in [0.2, 0.25) is 34.2 Å². The van der Waals surface area contributed by atoms with E-state index in [-0.39, 0.29) is 0 Å². The third-order valence-electron chi connectivity index (χ3n) is 25.9. The van der Waals surface area contributed by atoms with Crippen molar-refractivity contribution in [3.63, 3.8) is 0 Å². The van der Waals surface area contributed by atoms with E-state index in [4.69, 9.17) is 37.4 Å². The number of fused-ring (bicyclic) bond motifs is 12.